The van der Waals surface area contributed by atoms with Crippen LogP contribution < -0.4 is 5.73 Å². The van der Waals surface area contributed by atoms with Gasteiger partial charge in [0.05, 0.1) is 0 Å². The highest BCUT2D eigenvalue weighted by Gasteiger charge is 2.20. The Morgan fingerprint density at radius 3 is 2.62 bits per heavy atom. The summed E-state index contributed by atoms with van der Waals surface area (Å²) in [7, 11) is 0. The molecule has 0 aliphatic carbocycles. The van der Waals surface area contributed by atoms with Gasteiger partial charge in [-0.05, 0) is 17.5 Å². The maximum absolute atomic E-state index is 11.6. The minimum Gasteiger partial charge on any atom is -0.369 e. The van der Waals surface area contributed by atoms with Gasteiger partial charge in [0, 0.05) is 13.1 Å². The molecule has 4 nitrogen and oxygen atoms in total. The summed E-state index contributed by atoms with van der Waals surface area (Å²) in [4.78, 5) is 24.0. The maximum Gasteiger partial charge on any atom is 0.232 e. The molecule has 84 valence electrons. The van der Waals surface area contributed by atoms with Crippen LogP contribution in [0.2, 0.25) is 0 Å². The van der Waals surface area contributed by atoms with Crippen molar-refractivity contribution in [2.45, 2.75) is 19.4 Å². The van der Waals surface area contributed by atoms with E-state index in [0.717, 1.165) is 12.0 Å². The van der Waals surface area contributed by atoms with Crippen molar-refractivity contribution in [3.63, 3.8) is 0 Å². The largest absolute Gasteiger partial charge is 0.369 e. The van der Waals surface area contributed by atoms with Gasteiger partial charge in [0.25, 0.3) is 0 Å². The quantitative estimate of drug-likeness (QED) is 0.732. The molecule has 1 heterocycles. The first-order valence-electron chi connectivity index (χ1n) is 5.29. The lowest BCUT2D eigenvalue weighted by Gasteiger charge is -2.28. The number of nitrogens with zero attached hydrogens (tertiary/aromatic N) is 1. The van der Waals surface area contributed by atoms with Crippen molar-refractivity contribution in [1.82, 2.24) is 4.90 Å². The summed E-state index contributed by atoms with van der Waals surface area (Å²) < 4.78 is 0. The first-order chi connectivity index (χ1) is 7.66. The minimum atomic E-state index is -0.566. The van der Waals surface area contributed by atoms with Gasteiger partial charge in [0.1, 0.15) is 6.42 Å². The molecule has 0 radical (unpaired) electrons. The molecule has 0 saturated carbocycles. The second-order valence-corrected chi connectivity index (χ2v) is 3.98. The van der Waals surface area contributed by atoms with Gasteiger partial charge < -0.3 is 10.6 Å². The standard InChI is InChI=1S/C12H14N2O2/c13-11(15)7-12(16)14-6-5-9-3-1-2-4-10(9)8-14/h1-4H,5-8H2,(H2,13,15). The highest BCUT2D eigenvalue weighted by Crippen LogP contribution is 2.18. The van der Waals surface area contributed by atoms with Crippen molar-refractivity contribution in [3.8, 4) is 0 Å². The van der Waals surface area contributed by atoms with E-state index in [-0.39, 0.29) is 12.3 Å². The maximum atomic E-state index is 11.6. The molecule has 0 aromatic heterocycles. The third-order valence-electron chi connectivity index (χ3n) is 2.81. The molecule has 2 N–H and O–H groups in total. The Balaban J connectivity index is 2.08. The molecule has 2 rings (SSSR count). The fourth-order valence-electron chi connectivity index (χ4n) is 1.97. The summed E-state index contributed by atoms with van der Waals surface area (Å²) in [5.41, 5.74) is 7.45. The average molecular weight is 218 g/mol. The van der Waals surface area contributed by atoms with Crippen molar-refractivity contribution in [3.05, 3.63) is 35.4 Å². The Labute approximate surface area is 94.0 Å². The normalized spacial score (nSPS) is 14.4. The number of amides is 2. The number of rotatable bonds is 2. The Morgan fingerprint density at radius 1 is 1.25 bits per heavy atom. The summed E-state index contributed by atoms with van der Waals surface area (Å²) >= 11 is 0. The number of hydrogen-bond acceptors (Lipinski definition) is 2. The van der Waals surface area contributed by atoms with Gasteiger partial charge in [-0.25, -0.2) is 0 Å². The summed E-state index contributed by atoms with van der Waals surface area (Å²) in [6, 6.07) is 8.05. The van der Waals surface area contributed by atoms with Crippen molar-refractivity contribution >= 4 is 11.8 Å². The molecule has 0 fully saturated rings. The molecule has 1 aliphatic heterocycles. The van der Waals surface area contributed by atoms with Crippen LogP contribution in [-0.4, -0.2) is 23.3 Å². The Kier molecular flexibility index (Phi) is 2.90. The Hall–Kier alpha value is -1.84. The fraction of sp³-hybridized carbons (Fsp3) is 0.333. The van der Waals surface area contributed by atoms with Crippen LogP contribution in [0, 0.1) is 0 Å². The van der Waals surface area contributed by atoms with Crippen LogP contribution in [0.4, 0.5) is 0 Å². The Morgan fingerprint density at radius 2 is 1.94 bits per heavy atom. The van der Waals surface area contributed by atoms with Gasteiger partial charge >= 0.3 is 0 Å². The van der Waals surface area contributed by atoms with Gasteiger partial charge in [-0.1, -0.05) is 24.3 Å². The zero-order valence-electron chi connectivity index (χ0n) is 8.98. The molecule has 16 heavy (non-hydrogen) atoms. The van der Waals surface area contributed by atoms with Crippen LogP contribution in [0.15, 0.2) is 24.3 Å². The molecular formula is C12H14N2O2. The second kappa shape index (κ2) is 4.35. The van der Waals surface area contributed by atoms with Gasteiger partial charge in [-0.15, -0.1) is 0 Å². The third-order valence-corrected chi connectivity index (χ3v) is 2.81. The smallest absolute Gasteiger partial charge is 0.232 e. The number of hydrogen-bond donors (Lipinski definition) is 1. The van der Waals surface area contributed by atoms with E-state index in [1.807, 2.05) is 18.2 Å². The van der Waals surface area contributed by atoms with E-state index in [1.54, 1.807) is 4.90 Å². The van der Waals surface area contributed by atoms with E-state index >= 15 is 0 Å². The average Bonchev–Trinajstić information content (AvgIpc) is 2.27. The lowest BCUT2D eigenvalue weighted by atomic mass is 10.00. The van der Waals surface area contributed by atoms with Gasteiger partial charge in [-0.2, -0.15) is 0 Å². The van der Waals surface area contributed by atoms with Crippen LogP contribution in [0.3, 0.4) is 0 Å². The van der Waals surface area contributed by atoms with Gasteiger partial charge in [-0.3, -0.25) is 9.59 Å². The van der Waals surface area contributed by atoms with Crippen LogP contribution in [0.1, 0.15) is 17.5 Å². The zero-order valence-corrected chi connectivity index (χ0v) is 8.98. The number of primary amides is 1. The molecule has 0 saturated heterocycles. The number of benzene rings is 1. The van der Waals surface area contributed by atoms with E-state index in [2.05, 4.69) is 6.07 Å². The lowest BCUT2D eigenvalue weighted by Crippen LogP contribution is -2.37. The zero-order chi connectivity index (χ0) is 11.5. The van der Waals surface area contributed by atoms with E-state index < -0.39 is 5.91 Å². The van der Waals surface area contributed by atoms with Crippen molar-refractivity contribution < 1.29 is 9.59 Å². The van der Waals surface area contributed by atoms with E-state index in [1.165, 1.54) is 5.56 Å². The van der Waals surface area contributed by atoms with Crippen LogP contribution in [-0.2, 0) is 22.6 Å². The first kappa shape index (κ1) is 10.7. The molecule has 0 bridgehead atoms. The number of carbonyl (C=O) groups is 2. The number of fused-ring (bicyclic) bond motifs is 1. The predicted octanol–water partition coefficient (Wildman–Crippen LogP) is 0.447. The fourth-order valence-corrected chi connectivity index (χ4v) is 1.97. The van der Waals surface area contributed by atoms with E-state index in [9.17, 15) is 9.59 Å². The van der Waals surface area contributed by atoms with E-state index in [0.29, 0.717) is 13.1 Å². The summed E-state index contributed by atoms with van der Waals surface area (Å²) in [5, 5.41) is 0. The molecular weight excluding hydrogens is 204 g/mol. The van der Waals surface area contributed by atoms with Crippen LogP contribution >= 0.6 is 0 Å². The molecule has 1 aromatic carbocycles. The van der Waals surface area contributed by atoms with Crippen molar-refractivity contribution in [1.29, 1.82) is 0 Å². The summed E-state index contributed by atoms with van der Waals surface area (Å²) in [6.07, 6.45) is 0.656. The van der Waals surface area contributed by atoms with Gasteiger partial charge in [0.15, 0.2) is 0 Å². The van der Waals surface area contributed by atoms with E-state index in [4.69, 9.17) is 5.73 Å². The highest BCUT2D eigenvalue weighted by molar-refractivity contribution is 5.96. The minimum absolute atomic E-state index is 0.179. The second-order valence-electron chi connectivity index (χ2n) is 3.98. The molecule has 0 unspecified atom stereocenters. The molecule has 2 amide bonds. The van der Waals surface area contributed by atoms with Crippen LogP contribution in [0.5, 0.6) is 0 Å². The third kappa shape index (κ3) is 2.21. The monoisotopic (exact) mass is 218 g/mol. The summed E-state index contributed by atoms with van der Waals surface area (Å²) in [6.45, 7) is 1.26. The lowest BCUT2D eigenvalue weighted by molar-refractivity contribution is -0.135. The highest BCUT2D eigenvalue weighted by atomic mass is 16.2. The molecule has 1 aromatic rings. The SMILES string of the molecule is NC(=O)CC(=O)N1CCc2ccccc2C1. The summed E-state index contributed by atoms with van der Waals surface area (Å²) in [5.74, 6) is -0.745. The van der Waals surface area contributed by atoms with Crippen LogP contribution in [0.25, 0.3) is 0 Å². The Bertz CT molecular complexity index is 429. The number of nitrogens with two attached hydrogens (primary N) is 1. The topological polar surface area (TPSA) is 63.4 Å². The first-order valence-corrected chi connectivity index (χ1v) is 5.29. The van der Waals surface area contributed by atoms with Crippen molar-refractivity contribution in [2.24, 2.45) is 5.73 Å². The molecule has 4 heteroatoms. The predicted molar refractivity (Wildman–Crippen MR) is 59.4 cm³/mol. The molecule has 0 spiro atoms. The molecule has 1 aliphatic rings. The van der Waals surface area contributed by atoms with Gasteiger partial charge in [0.2, 0.25) is 11.8 Å². The number of carbonyl (C=O) groups excluding carboxylic acids is 2. The van der Waals surface area contributed by atoms with Crippen molar-refractivity contribution in [2.75, 3.05) is 6.54 Å². The molecule has 0 atom stereocenters.